The van der Waals surface area contributed by atoms with Crippen LogP contribution in [0.1, 0.15) is 25.7 Å². The molecule has 1 aliphatic rings. The van der Waals surface area contributed by atoms with E-state index in [4.69, 9.17) is 5.26 Å². The van der Waals surface area contributed by atoms with Crippen LogP contribution in [-0.2, 0) is 0 Å². The first-order valence-electron chi connectivity index (χ1n) is 3.39. The van der Waals surface area contributed by atoms with E-state index in [0.717, 1.165) is 25.7 Å². The summed E-state index contributed by atoms with van der Waals surface area (Å²) < 4.78 is 0. The van der Waals surface area contributed by atoms with Gasteiger partial charge in [0.1, 0.15) is 0 Å². The quantitative estimate of drug-likeness (QED) is 0.451. The van der Waals surface area contributed by atoms with E-state index in [0.29, 0.717) is 0 Å². The third-order valence-corrected chi connectivity index (χ3v) is 1.80. The van der Waals surface area contributed by atoms with Crippen molar-refractivity contribution in [2.24, 2.45) is 5.92 Å². The minimum absolute atomic E-state index is 0.270. The van der Waals surface area contributed by atoms with E-state index in [2.05, 4.69) is 12.6 Å². The van der Waals surface area contributed by atoms with Crippen LogP contribution in [0.25, 0.3) is 0 Å². The molecule has 0 N–H and O–H groups in total. The van der Waals surface area contributed by atoms with Gasteiger partial charge in [-0.25, -0.2) is 0 Å². The lowest BCUT2D eigenvalue weighted by atomic mass is 9.87. The van der Waals surface area contributed by atoms with Gasteiger partial charge in [-0.2, -0.15) is 5.26 Å². The molecule has 1 heteroatoms. The van der Waals surface area contributed by atoms with E-state index in [1.807, 2.05) is 0 Å². The van der Waals surface area contributed by atoms with E-state index in [-0.39, 0.29) is 5.92 Å². The molecule has 0 amide bonds. The Balaban J connectivity index is 2.43. The second-order valence-electron chi connectivity index (χ2n) is 2.67. The summed E-state index contributed by atoms with van der Waals surface area (Å²) >= 11 is 0. The van der Waals surface area contributed by atoms with Crippen molar-refractivity contribution >= 4 is 0 Å². The molecule has 0 spiro atoms. The van der Waals surface area contributed by atoms with Crippen LogP contribution in [0.4, 0.5) is 0 Å². The van der Waals surface area contributed by atoms with E-state index >= 15 is 0 Å². The van der Waals surface area contributed by atoms with Crippen molar-refractivity contribution in [2.75, 3.05) is 0 Å². The molecule has 0 aliphatic heterocycles. The zero-order valence-corrected chi connectivity index (χ0v) is 5.56. The van der Waals surface area contributed by atoms with Gasteiger partial charge >= 0.3 is 0 Å². The second-order valence-corrected chi connectivity index (χ2v) is 2.67. The molecule has 1 aliphatic carbocycles. The first-order valence-corrected chi connectivity index (χ1v) is 3.39. The molecule has 0 aromatic rings. The van der Waals surface area contributed by atoms with Crippen LogP contribution in [0.5, 0.6) is 0 Å². The van der Waals surface area contributed by atoms with Gasteiger partial charge in [0, 0.05) is 0 Å². The molecule has 0 aromatic carbocycles. The van der Waals surface area contributed by atoms with Crippen molar-refractivity contribution in [3.8, 4) is 6.07 Å². The van der Waals surface area contributed by atoms with Crippen molar-refractivity contribution in [1.82, 2.24) is 0 Å². The molecule has 1 nitrogen and oxygen atoms in total. The second kappa shape index (κ2) is 2.68. The Morgan fingerprint density at radius 1 is 1.67 bits per heavy atom. The predicted octanol–water partition coefficient (Wildman–Crippen LogP) is 2.26. The molecule has 1 rings (SSSR count). The zero-order valence-electron chi connectivity index (χ0n) is 5.56. The summed E-state index contributed by atoms with van der Waals surface area (Å²) in [6.07, 6.45) is 4.32. The lowest BCUT2D eigenvalue weighted by Gasteiger charge is -2.16. The Hall–Kier alpha value is -0.770. The summed E-state index contributed by atoms with van der Waals surface area (Å²) in [7, 11) is 0. The fourth-order valence-electron chi connectivity index (χ4n) is 1.26. The highest BCUT2D eigenvalue weighted by Gasteiger charge is 2.13. The van der Waals surface area contributed by atoms with Crippen molar-refractivity contribution in [3.63, 3.8) is 0 Å². The Morgan fingerprint density at radius 3 is 2.89 bits per heavy atom. The van der Waals surface area contributed by atoms with E-state index in [1.165, 1.54) is 5.57 Å². The summed E-state index contributed by atoms with van der Waals surface area (Å²) in [4.78, 5) is 0. The molecule has 1 saturated carbocycles. The van der Waals surface area contributed by atoms with E-state index < -0.39 is 0 Å². The molecule has 0 radical (unpaired) electrons. The third-order valence-electron chi connectivity index (χ3n) is 1.80. The Bertz CT molecular complexity index is 152. The summed E-state index contributed by atoms with van der Waals surface area (Å²) in [5, 5.41) is 8.52. The molecule has 1 atom stereocenters. The number of rotatable bonds is 0. The number of allylic oxidation sites excluding steroid dienone is 1. The van der Waals surface area contributed by atoms with Crippen LogP contribution < -0.4 is 0 Å². The first-order chi connectivity index (χ1) is 4.33. The number of nitriles is 1. The fraction of sp³-hybridized carbons (Fsp3) is 0.625. The number of hydrogen-bond donors (Lipinski definition) is 0. The van der Waals surface area contributed by atoms with Gasteiger partial charge in [-0.1, -0.05) is 12.2 Å². The summed E-state index contributed by atoms with van der Waals surface area (Å²) in [6, 6.07) is 2.27. The predicted molar refractivity (Wildman–Crippen MR) is 36.7 cm³/mol. The highest BCUT2D eigenvalue weighted by Crippen LogP contribution is 2.25. The highest BCUT2D eigenvalue weighted by atomic mass is 14.3. The van der Waals surface area contributed by atoms with Crippen molar-refractivity contribution in [2.45, 2.75) is 25.7 Å². The zero-order chi connectivity index (χ0) is 6.69. The van der Waals surface area contributed by atoms with Gasteiger partial charge in [-0.3, -0.25) is 0 Å². The average molecular weight is 121 g/mol. The van der Waals surface area contributed by atoms with E-state index in [1.54, 1.807) is 0 Å². The SMILES string of the molecule is C=C1CCCC(C#N)C1. The summed E-state index contributed by atoms with van der Waals surface area (Å²) in [5.41, 5.74) is 1.26. The summed E-state index contributed by atoms with van der Waals surface area (Å²) in [5.74, 6) is 0.270. The van der Waals surface area contributed by atoms with Gasteiger partial charge < -0.3 is 0 Å². The molecular weight excluding hydrogens is 110 g/mol. The van der Waals surface area contributed by atoms with Gasteiger partial charge in [0.25, 0.3) is 0 Å². The van der Waals surface area contributed by atoms with Crippen LogP contribution in [-0.4, -0.2) is 0 Å². The van der Waals surface area contributed by atoms with Crippen molar-refractivity contribution in [1.29, 1.82) is 5.26 Å². The van der Waals surface area contributed by atoms with Gasteiger partial charge in [0.15, 0.2) is 0 Å². The molecule has 0 aromatic heterocycles. The lowest BCUT2D eigenvalue weighted by molar-refractivity contribution is 0.506. The molecule has 1 fully saturated rings. The van der Waals surface area contributed by atoms with Crippen molar-refractivity contribution < 1.29 is 0 Å². The maximum Gasteiger partial charge on any atom is 0.0659 e. The Morgan fingerprint density at radius 2 is 2.44 bits per heavy atom. The fourth-order valence-corrected chi connectivity index (χ4v) is 1.26. The molecule has 9 heavy (non-hydrogen) atoms. The van der Waals surface area contributed by atoms with E-state index in [9.17, 15) is 0 Å². The van der Waals surface area contributed by atoms with Crippen LogP contribution in [0.15, 0.2) is 12.2 Å². The molecule has 1 unspecified atom stereocenters. The minimum atomic E-state index is 0.270. The number of nitrogens with zero attached hydrogens (tertiary/aromatic N) is 1. The largest absolute Gasteiger partial charge is 0.198 e. The standard InChI is InChI=1S/C8H11N/c1-7-3-2-4-8(5-7)6-9/h8H,1-5H2. The number of hydrogen-bond acceptors (Lipinski definition) is 1. The maximum atomic E-state index is 8.52. The molecule has 48 valence electrons. The van der Waals surface area contributed by atoms with Gasteiger partial charge in [0.2, 0.25) is 0 Å². The van der Waals surface area contributed by atoms with Crippen LogP contribution in [0.3, 0.4) is 0 Å². The Kier molecular flexibility index (Phi) is 1.89. The average Bonchev–Trinajstić information content (AvgIpc) is 1.88. The first kappa shape index (κ1) is 6.35. The van der Waals surface area contributed by atoms with Crippen molar-refractivity contribution in [3.05, 3.63) is 12.2 Å². The smallest absolute Gasteiger partial charge is 0.0659 e. The van der Waals surface area contributed by atoms with Gasteiger partial charge in [0.05, 0.1) is 12.0 Å². The minimum Gasteiger partial charge on any atom is -0.198 e. The van der Waals surface area contributed by atoms with Gasteiger partial charge in [-0.15, -0.1) is 0 Å². The molecule has 0 bridgehead atoms. The van der Waals surface area contributed by atoms with Crippen LogP contribution >= 0.6 is 0 Å². The normalized spacial score (nSPS) is 27.4. The van der Waals surface area contributed by atoms with Crippen LogP contribution in [0.2, 0.25) is 0 Å². The van der Waals surface area contributed by atoms with Gasteiger partial charge in [-0.05, 0) is 25.7 Å². The third kappa shape index (κ3) is 1.57. The topological polar surface area (TPSA) is 23.8 Å². The lowest BCUT2D eigenvalue weighted by Crippen LogP contribution is -2.04. The Labute approximate surface area is 56.0 Å². The monoisotopic (exact) mass is 121 g/mol. The molecule has 0 saturated heterocycles. The molecular formula is C8H11N. The molecule has 0 heterocycles. The highest BCUT2D eigenvalue weighted by molar-refractivity contribution is 5.04. The summed E-state index contributed by atoms with van der Waals surface area (Å²) in [6.45, 7) is 3.86. The maximum absolute atomic E-state index is 8.52. The van der Waals surface area contributed by atoms with Crippen LogP contribution in [0, 0.1) is 17.2 Å².